The van der Waals surface area contributed by atoms with Crippen LogP contribution >= 0.6 is 0 Å². The first-order chi connectivity index (χ1) is 5.74. The lowest BCUT2D eigenvalue weighted by Crippen LogP contribution is -2.29. The number of hydrogen-bond acceptors (Lipinski definition) is 3. The highest BCUT2D eigenvalue weighted by Gasteiger charge is 2.42. The fraction of sp³-hybridized carbons (Fsp3) is 0.778. The lowest BCUT2D eigenvalue weighted by atomic mass is 10.1. The third-order valence-corrected chi connectivity index (χ3v) is 2.36. The Kier molecular flexibility index (Phi) is 1.94. The summed E-state index contributed by atoms with van der Waals surface area (Å²) in [6.45, 7) is 2.06. The zero-order chi connectivity index (χ0) is 8.60. The molecule has 0 amide bonds. The Bertz CT molecular complexity index is 202. The van der Waals surface area contributed by atoms with Crippen molar-refractivity contribution < 1.29 is 14.2 Å². The van der Waals surface area contributed by atoms with Gasteiger partial charge in [0.15, 0.2) is 12.1 Å². The largest absolute Gasteiger partial charge is 0.352 e. The molecule has 0 radical (unpaired) electrons. The molecular weight excluding hydrogens is 156 g/mol. The third-order valence-electron chi connectivity index (χ3n) is 2.36. The first kappa shape index (κ1) is 8.23. The molecule has 0 saturated carbocycles. The topological polar surface area (TPSA) is 27.7 Å². The molecule has 68 valence electrons. The highest BCUT2D eigenvalue weighted by molar-refractivity contribution is 5.07. The van der Waals surface area contributed by atoms with E-state index in [1.54, 1.807) is 7.11 Å². The highest BCUT2D eigenvalue weighted by atomic mass is 16.8. The molecule has 1 spiro atoms. The summed E-state index contributed by atoms with van der Waals surface area (Å²) < 4.78 is 16.3. The van der Waals surface area contributed by atoms with Gasteiger partial charge in [-0.3, -0.25) is 0 Å². The quantitative estimate of drug-likeness (QED) is 0.557. The summed E-state index contributed by atoms with van der Waals surface area (Å²) in [6, 6.07) is 0. The van der Waals surface area contributed by atoms with Crippen molar-refractivity contribution in [3.63, 3.8) is 0 Å². The van der Waals surface area contributed by atoms with E-state index in [4.69, 9.17) is 14.2 Å². The number of methoxy groups -OCH3 is 1. The molecule has 1 fully saturated rings. The molecule has 1 saturated heterocycles. The molecule has 0 aromatic heterocycles. The van der Waals surface area contributed by atoms with Crippen molar-refractivity contribution in [3.8, 4) is 0 Å². The monoisotopic (exact) mass is 170 g/mol. The van der Waals surface area contributed by atoms with Crippen molar-refractivity contribution in [1.82, 2.24) is 0 Å². The van der Waals surface area contributed by atoms with Crippen LogP contribution in [0.2, 0.25) is 0 Å². The van der Waals surface area contributed by atoms with Crippen molar-refractivity contribution >= 4 is 0 Å². The van der Waals surface area contributed by atoms with Crippen molar-refractivity contribution in [2.45, 2.75) is 37.9 Å². The molecule has 0 aliphatic carbocycles. The maximum atomic E-state index is 5.65. The van der Waals surface area contributed by atoms with Gasteiger partial charge in [-0.1, -0.05) is 0 Å². The normalized spacial score (nSPS) is 46.2. The number of rotatable bonds is 1. The predicted molar refractivity (Wildman–Crippen MR) is 43.5 cm³/mol. The first-order valence-corrected chi connectivity index (χ1v) is 4.32. The highest BCUT2D eigenvalue weighted by Crippen LogP contribution is 2.37. The molecule has 3 nitrogen and oxygen atoms in total. The Labute approximate surface area is 72.3 Å². The molecule has 2 aliphatic heterocycles. The molecule has 0 N–H and O–H groups in total. The summed E-state index contributed by atoms with van der Waals surface area (Å²) in [5, 5.41) is 0. The Balaban J connectivity index is 2.02. The summed E-state index contributed by atoms with van der Waals surface area (Å²) in [4.78, 5) is 0. The first-order valence-electron chi connectivity index (χ1n) is 4.32. The smallest absolute Gasteiger partial charge is 0.191 e. The van der Waals surface area contributed by atoms with Crippen LogP contribution in [0.25, 0.3) is 0 Å². The van der Waals surface area contributed by atoms with E-state index in [0.29, 0.717) is 6.10 Å². The maximum absolute atomic E-state index is 5.65. The van der Waals surface area contributed by atoms with Crippen LogP contribution in [0.4, 0.5) is 0 Å². The summed E-state index contributed by atoms with van der Waals surface area (Å²) in [6.07, 6.45) is 5.93. The van der Waals surface area contributed by atoms with Crippen molar-refractivity contribution in [2.75, 3.05) is 7.11 Å². The minimum Gasteiger partial charge on any atom is -0.352 e. The average molecular weight is 170 g/mol. The lowest BCUT2D eigenvalue weighted by molar-refractivity contribution is -0.242. The zero-order valence-electron chi connectivity index (χ0n) is 7.45. The van der Waals surface area contributed by atoms with Gasteiger partial charge in [-0.15, -0.1) is 0 Å². The van der Waals surface area contributed by atoms with Crippen LogP contribution < -0.4 is 0 Å². The average Bonchev–Trinajstić information content (AvgIpc) is 2.61. The Morgan fingerprint density at radius 2 is 2.33 bits per heavy atom. The van der Waals surface area contributed by atoms with Gasteiger partial charge in [-0.2, -0.15) is 0 Å². The summed E-state index contributed by atoms with van der Waals surface area (Å²) in [5.41, 5.74) is 0. The van der Waals surface area contributed by atoms with E-state index in [2.05, 4.69) is 6.92 Å². The molecule has 2 rings (SSSR count). The molecule has 0 bridgehead atoms. The second-order valence-corrected chi connectivity index (χ2v) is 3.36. The maximum Gasteiger partial charge on any atom is 0.191 e. The van der Waals surface area contributed by atoms with Gasteiger partial charge in [0.05, 0.1) is 6.10 Å². The lowest BCUT2D eigenvalue weighted by Gasteiger charge is -2.23. The van der Waals surface area contributed by atoms with E-state index < -0.39 is 5.79 Å². The van der Waals surface area contributed by atoms with E-state index in [1.165, 1.54) is 0 Å². The Hall–Kier alpha value is -0.380. The predicted octanol–water partition coefficient (Wildman–Crippen LogP) is 1.44. The molecular formula is C9H14O3. The van der Waals surface area contributed by atoms with Gasteiger partial charge in [0, 0.05) is 13.5 Å². The zero-order valence-corrected chi connectivity index (χ0v) is 7.45. The van der Waals surface area contributed by atoms with Gasteiger partial charge in [-0.25, -0.2) is 0 Å². The summed E-state index contributed by atoms with van der Waals surface area (Å²) >= 11 is 0. The van der Waals surface area contributed by atoms with Gasteiger partial charge >= 0.3 is 0 Å². The van der Waals surface area contributed by atoms with Crippen LogP contribution in [0.3, 0.4) is 0 Å². The van der Waals surface area contributed by atoms with Gasteiger partial charge < -0.3 is 14.2 Å². The molecule has 2 heterocycles. The standard InChI is InChI=1S/C9H14O3/c1-7-3-5-9(11-7)6-4-8(10-2)12-9/h4,6-8H,3,5H2,1-2H3. The fourth-order valence-electron chi connectivity index (χ4n) is 1.70. The molecule has 2 aliphatic rings. The van der Waals surface area contributed by atoms with Gasteiger partial charge in [-0.05, 0) is 25.5 Å². The molecule has 3 atom stereocenters. The minimum atomic E-state index is -0.472. The van der Waals surface area contributed by atoms with Crippen LogP contribution in [-0.2, 0) is 14.2 Å². The molecule has 0 aromatic carbocycles. The van der Waals surface area contributed by atoms with E-state index in [-0.39, 0.29) is 6.29 Å². The molecule has 12 heavy (non-hydrogen) atoms. The molecule has 0 aromatic rings. The summed E-state index contributed by atoms with van der Waals surface area (Å²) in [5.74, 6) is -0.472. The minimum absolute atomic E-state index is 0.227. The molecule has 3 unspecified atom stereocenters. The van der Waals surface area contributed by atoms with E-state index in [0.717, 1.165) is 12.8 Å². The third kappa shape index (κ3) is 1.28. The van der Waals surface area contributed by atoms with E-state index in [9.17, 15) is 0 Å². The molecule has 3 heteroatoms. The SMILES string of the molecule is COC1C=CC2(CCC(C)O2)O1. The van der Waals surface area contributed by atoms with Crippen molar-refractivity contribution in [2.24, 2.45) is 0 Å². The van der Waals surface area contributed by atoms with Gasteiger partial charge in [0.2, 0.25) is 0 Å². The van der Waals surface area contributed by atoms with Crippen LogP contribution in [0.15, 0.2) is 12.2 Å². The van der Waals surface area contributed by atoms with Gasteiger partial charge in [0.1, 0.15) is 0 Å². The van der Waals surface area contributed by atoms with E-state index in [1.807, 2.05) is 12.2 Å². The Morgan fingerprint density at radius 1 is 1.50 bits per heavy atom. The second kappa shape index (κ2) is 2.83. The van der Waals surface area contributed by atoms with Crippen LogP contribution in [0.1, 0.15) is 19.8 Å². The second-order valence-electron chi connectivity index (χ2n) is 3.36. The fourth-order valence-corrected chi connectivity index (χ4v) is 1.70. The van der Waals surface area contributed by atoms with E-state index >= 15 is 0 Å². The van der Waals surface area contributed by atoms with Crippen LogP contribution in [-0.4, -0.2) is 25.3 Å². The van der Waals surface area contributed by atoms with Crippen LogP contribution in [0, 0.1) is 0 Å². The van der Waals surface area contributed by atoms with Crippen LogP contribution in [0.5, 0.6) is 0 Å². The number of hydrogen-bond donors (Lipinski definition) is 0. The van der Waals surface area contributed by atoms with Crippen molar-refractivity contribution in [1.29, 1.82) is 0 Å². The number of ether oxygens (including phenoxy) is 3. The van der Waals surface area contributed by atoms with Gasteiger partial charge in [0.25, 0.3) is 0 Å². The summed E-state index contributed by atoms with van der Waals surface area (Å²) in [7, 11) is 1.63. The Morgan fingerprint density at radius 3 is 2.83 bits per heavy atom. The van der Waals surface area contributed by atoms with Crippen molar-refractivity contribution in [3.05, 3.63) is 12.2 Å².